The van der Waals surface area contributed by atoms with Crippen molar-refractivity contribution in [3.63, 3.8) is 0 Å². The van der Waals surface area contributed by atoms with Gasteiger partial charge in [-0.2, -0.15) is 0 Å². The van der Waals surface area contributed by atoms with Crippen molar-refractivity contribution in [3.05, 3.63) is 53.3 Å². The Hall–Kier alpha value is -2.22. The summed E-state index contributed by atoms with van der Waals surface area (Å²) < 4.78 is 66.7. The Morgan fingerprint density at radius 2 is 1.57 bits per heavy atom. The van der Waals surface area contributed by atoms with Crippen LogP contribution >= 0.6 is 0 Å². The number of sulfonamides is 1. The molecule has 0 unspecified atom stereocenters. The van der Waals surface area contributed by atoms with E-state index in [2.05, 4.69) is 0 Å². The van der Waals surface area contributed by atoms with Gasteiger partial charge >= 0.3 is 0 Å². The molecule has 0 saturated heterocycles. The number of nitrogen functional groups attached to an aromatic ring is 1. The number of anilines is 2. The van der Waals surface area contributed by atoms with Gasteiger partial charge in [0, 0.05) is 5.69 Å². The highest BCUT2D eigenvalue weighted by atomic mass is 32.2. The monoisotopic (exact) mass is 316 g/mol. The van der Waals surface area contributed by atoms with E-state index < -0.39 is 38.1 Å². The highest BCUT2D eigenvalue weighted by molar-refractivity contribution is 7.92. The zero-order valence-corrected chi connectivity index (χ0v) is 11.6. The number of nitrogens with one attached hydrogen (secondary N) is 1. The number of benzene rings is 2. The molecule has 0 aliphatic rings. The van der Waals surface area contributed by atoms with Gasteiger partial charge in [0.15, 0.2) is 4.90 Å². The minimum Gasteiger partial charge on any atom is -0.399 e. The summed E-state index contributed by atoms with van der Waals surface area (Å²) >= 11 is 0. The van der Waals surface area contributed by atoms with E-state index in [9.17, 15) is 21.6 Å². The molecule has 21 heavy (non-hydrogen) atoms. The maximum atomic E-state index is 13.7. The maximum Gasteiger partial charge on any atom is 0.267 e. The van der Waals surface area contributed by atoms with Gasteiger partial charge in [0.2, 0.25) is 0 Å². The van der Waals surface area contributed by atoms with Crippen LogP contribution in [0.3, 0.4) is 0 Å². The average Bonchev–Trinajstić information content (AvgIpc) is 2.31. The Balaban J connectivity index is 2.51. The van der Waals surface area contributed by atoms with E-state index in [1.54, 1.807) is 6.92 Å². The SMILES string of the molecule is Cc1ccc(F)c(NS(=O)(=O)c2c(F)cc(N)cc2F)c1. The van der Waals surface area contributed by atoms with Crippen molar-refractivity contribution in [2.24, 2.45) is 0 Å². The molecule has 4 nitrogen and oxygen atoms in total. The first-order chi connectivity index (χ1) is 9.70. The van der Waals surface area contributed by atoms with Crippen molar-refractivity contribution >= 4 is 21.4 Å². The molecule has 112 valence electrons. The molecule has 0 amide bonds. The zero-order valence-electron chi connectivity index (χ0n) is 10.8. The van der Waals surface area contributed by atoms with Crippen LogP contribution in [-0.4, -0.2) is 8.42 Å². The molecule has 3 N–H and O–H groups in total. The average molecular weight is 316 g/mol. The first-order valence-corrected chi connectivity index (χ1v) is 7.22. The van der Waals surface area contributed by atoms with Crippen LogP contribution < -0.4 is 10.5 Å². The zero-order chi connectivity index (χ0) is 15.8. The Kier molecular flexibility index (Phi) is 3.82. The van der Waals surface area contributed by atoms with E-state index in [-0.39, 0.29) is 5.69 Å². The van der Waals surface area contributed by atoms with E-state index in [0.29, 0.717) is 17.7 Å². The molecule has 2 aromatic rings. The number of rotatable bonds is 3. The van der Waals surface area contributed by atoms with Gasteiger partial charge in [-0.15, -0.1) is 0 Å². The minimum absolute atomic E-state index is 0.259. The standard InChI is InChI=1S/C13H11F3N2O2S/c1-7-2-3-9(14)12(4-7)18-21(19,20)13-10(15)5-8(17)6-11(13)16/h2-6,18H,17H2,1H3. The summed E-state index contributed by atoms with van der Waals surface area (Å²) in [5.74, 6) is -3.57. The fourth-order valence-corrected chi connectivity index (χ4v) is 2.93. The Bertz CT molecular complexity index is 784. The smallest absolute Gasteiger partial charge is 0.267 e. The topological polar surface area (TPSA) is 72.2 Å². The summed E-state index contributed by atoms with van der Waals surface area (Å²) in [5, 5.41) is 0. The number of aryl methyl sites for hydroxylation is 1. The normalized spacial score (nSPS) is 11.4. The van der Waals surface area contributed by atoms with Crippen LogP contribution in [-0.2, 0) is 10.0 Å². The van der Waals surface area contributed by atoms with Crippen molar-refractivity contribution in [1.29, 1.82) is 0 Å². The molecule has 0 saturated carbocycles. The van der Waals surface area contributed by atoms with Gasteiger partial charge in [-0.3, -0.25) is 4.72 Å². The summed E-state index contributed by atoms with van der Waals surface area (Å²) in [6, 6.07) is 5.02. The maximum absolute atomic E-state index is 13.7. The van der Waals surface area contributed by atoms with Gasteiger partial charge in [0.1, 0.15) is 17.5 Å². The lowest BCUT2D eigenvalue weighted by molar-refractivity contribution is 0.522. The van der Waals surface area contributed by atoms with E-state index in [0.717, 1.165) is 6.07 Å². The molecule has 0 aliphatic carbocycles. The fraction of sp³-hybridized carbons (Fsp3) is 0.0769. The van der Waals surface area contributed by atoms with E-state index in [4.69, 9.17) is 5.73 Å². The molecule has 2 aromatic carbocycles. The molecule has 8 heteroatoms. The highest BCUT2D eigenvalue weighted by Gasteiger charge is 2.25. The third-order valence-electron chi connectivity index (χ3n) is 2.66. The van der Waals surface area contributed by atoms with E-state index in [1.165, 1.54) is 12.1 Å². The molecular formula is C13H11F3N2O2S. The van der Waals surface area contributed by atoms with Gasteiger partial charge in [0.05, 0.1) is 5.69 Å². The van der Waals surface area contributed by atoms with Gasteiger partial charge in [0.25, 0.3) is 10.0 Å². The second kappa shape index (κ2) is 5.28. The molecule has 0 fully saturated rings. The van der Waals surface area contributed by atoms with Crippen molar-refractivity contribution in [2.45, 2.75) is 11.8 Å². The summed E-state index contributed by atoms with van der Waals surface area (Å²) in [6.45, 7) is 1.61. The minimum atomic E-state index is -4.63. The summed E-state index contributed by atoms with van der Waals surface area (Å²) in [4.78, 5) is -1.21. The third kappa shape index (κ3) is 3.10. The fourth-order valence-electron chi connectivity index (χ4n) is 1.75. The van der Waals surface area contributed by atoms with Crippen molar-refractivity contribution < 1.29 is 21.6 Å². The first-order valence-electron chi connectivity index (χ1n) is 5.74. The van der Waals surface area contributed by atoms with Crippen LogP contribution in [0.4, 0.5) is 24.5 Å². The van der Waals surface area contributed by atoms with Crippen molar-refractivity contribution in [2.75, 3.05) is 10.5 Å². The van der Waals surface area contributed by atoms with Gasteiger partial charge in [-0.25, -0.2) is 21.6 Å². The molecule has 0 bridgehead atoms. The summed E-state index contributed by atoms with van der Waals surface area (Å²) in [5.41, 5.74) is 5.13. The van der Waals surface area contributed by atoms with Crippen molar-refractivity contribution in [3.8, 4) is 0 Å². The quantitative estimate of drug-likeness (QED) is 0.855. The van der Waals surface area contributed by atoms with Crippen LogP contribution in [0.1, 0.15) is 5.56 Å². The number of halogens is 3. The predicted octanol–water partition coefficient (Wildman–Crippen LogP) is 2.80. The first kappa shape index (κ1) is 15.2. The number of hydrogen-bond acceptors (Lipinski definition) is 3. The molecule has 0 spiro atoms. The molecule has 0 aliphatic heterocycles. The van der Waals surface area contributed by atoms with Gasteiger partial charge < -0.3 is 5.73 Å². The highest BCUT2D eigenvalue weighted by Crippen LogP contribution is 2.25. The molecule has 2 rings (SSSR count). The molecule has 0 atom stereocenters. The summed E-state index contributed by atoms with van der Waals surface area (Å²) in [7, 11) is -4.63. The predicted molar refractivity (Wildman–Crippen MR) is 72.7 cm³/mol. The van der Waals surface area contributed by atoms with Crippen LogP contribution in [0.15, 0.2) is 35.2 Å². The molecule has 0 radical (unpaired) electrons. The lowest BCUT2D eigenvalue weighted by Crippen LogP contribution is -2.17. The van der Waals surface area contributed by atoms with Crippen LogP contribution in [0.5, 0.6) is 0 Å². The second-order valence-corrected chi connectivity index (χ2v) is 6.02. The molecule has 0 heterocycles. The Labute approximate surface area is 119 Å². The van der Waals surface area contributed by atoms with Crippen LogP contribution in [0.2, 0.25) is 0 Å². The van der Waals surface area contributed by atoms with Gasteiger partial charge in [-0.05, 0) is 36.8 Å². The Morgan fingerprint density at radius 1 is 1.00 bits per heavy atom. The lowest BCUT2D eigenvalue weighted by Gasteiger charge is -2.11. The molecular weight excluding hydrogens is 305 g/mol. The van der Waals surface area contributed by atoms with E-state index >= 15 is 0 Å². The molecule has 0 aromatic heterocycles. The van der Waals surface area contributed by atoms with Crippen LogP contribution in [0, 0.1) is 24.4 Å². The van der Waals surface area contributed by atoms with Crippen molar-refractivity contribution in [1.82, 2.24) is 0 Å². The van der Waals surface area contributed by atoms with Gasteiger partial charge in [-0.1, -0.05) is 6.07 Å². The van der Waals surface area contributed by atoms with E-state index in [1.807, 2.05) is 4.72 Å². The second-order valence-electron chi connectivity index (χ2n) is 4.40. The number of hydrogen-bond donors (Lipinski definition) is 2. The summed E-state index contributed by atoms with van der Waals surface area (Å²) in [6.07, 6.45) is 0. The Morgan fingerprint density at radius 3 is 2.14 bits per heavy atom. The largest absolute Gasteiger partial charge is 0.399 e. The lowest BCUT2D eigenvalue weighted by atomic mass is 10.2. The van der Waals surface area contributed by atoms with Crippen LogP contribution in [0.25, 0.3) is 0 Å². The number of nitrogens with two attached hydrogens (primary N) is 1. The third-order valence-corrected chi connectivity index (χ3v) is 4.07.